The van der Waals surface area contributed by atoms with Crippen molar-refractivity contribution in [3.8, 4) is 22.4 Å². The van der Waals surface area contributed by atoms with Gasteiger partial charge in [-0.15, -0.1) is 0 Å². The van der Waals surface area contributed by atoms with Crippen LogP contribution in [-0.4, -0.2) is 45.0 Å². The Bertz CT molecular complexity index is 1920. The maximum atomic E-state index is 13.2. The zero-order valence-electron chi connectivity index (χ0n) is 24.3. The summed E-state index contributed by atoms with van der Waals surface area (Å²) in [5.41, 5.74) is 3.75. The van der Waals surface area contributed by atoms with Crippen LogP contribution in [0.3, 0.4) is 0 Å². The molecule has 0 saturated carbocycles. The number of likely N-dealkylation sites (N-methyl/N-ethyl adjacent to an activating group) is 1. The summed E-state index contributed by atoms with van der Waals surface area (Å²) in [6.45, 7) is -0.0128. The highest BCUT2D eigenvalue weighted by molar-refractivity contribution is 6.36. The Morgan fingerprint density at radius 2 is 1.63 bits per heavy atom. The number of carbonyl (C=O) groups excluding carboxylic acids is 1. The van der Waals surface area contributed by atoms with E-state index in [0.717, 1.165) is 28.2 Å². The molecule has 0 aliphatic carbocycles. The highest BCUT2D eigenvalue weighted by atomic mass is 35.5. The molecule has 6 nitrogen and oxygen atoms in total. The van der Waals surface area contributed by atoms with Crippen molar-refractivity contribution in [1.82, 2.24) is 14.5 Å². The normalized spacial score (nSPS) is 11.6. The molecule has 4 aromatic carbocycles. The third-order valence-corrected chi connectivity index (χ3v) is 7.69. The van der Waals surface area contributed by atoms with Crippen molar-refractivity contribution in [2.24, 2.45) is 0 Å². The molecule has 0 radical (unpaired) electrons. The molecule has 46 heavy (non-hydrogen) atoms. The summed E-state index contributed by atoms with van der Waals surface area (Å²) in [5, 5.41) is 9.91. The first-order valence-corrected chi connectivity index (χ1v) is 14.7. The minimum atomic E-state index is -4.42. The molecule has 5 rings (SSSR count). The van der Waals surface area contributed by atoms with Crippen molar-refractivity contribution in [3.05, 3.63) is 135 Å². The van der Waals surface area contributed by atoms with Crippen LogP contribution < -0.4 is 0 Å². The van der Waals surface area contributed by atoms with Crippen LogP contribution in [0.25, 0.3) is 34.5 Å². The van der Waals surface area contributed by atoms with Crippen LogP contribution >= 0.6 is 23.2 Å². The highest BCUT2D eigenvalue weighted by Gasteiger charge is 2.30. The number of carbonyl (C=O) groups is 2. The molecule has 0 fully saturated rings. The predicted molar refractivity (Wildman–Crippen MR) is 174 cm³/mol. The van der Waals surface area contributed by atoms with Crippen LogP contribution in [0.2, 0.25) is 10.0 Å². The van der Waals surface area contributed by atoms with Gasteiger partial charge in [-0.25, -0.2) is 4.98 Å². The number of benzene rings is 4. The summed E-state index contributed by atoms with van der Waals surface area (Å²) in [6.07, 6.45) is 1.10. The molecule has 0 bridgehead atoms. The molecule has 0 aliphatic heterocycles. The molecule has 0 saturated heterocycles. The lowest BCUT2D eigenvalue weighted by atomic mass is 10.0. The van der Waals surface area contributed by atoms with Gasteiger partial charge < -0.3 is 14.6 Å². The van der Waals surface area contributed by atoms with E-state index in [1.165, 1.54) is 13.1 Å². The minimum absolute atomic E-state index is 0.362. The van der Waals surface area contributed by atoms with Crippen LogP contribution in [0.5, 0.6) is 0 Å². The average molecular weight is 665 g/mol. The number of aliphatic carboxylic acids is 1. The number of amides is 1. The fraction of sp³-hybridized carbons (Fsp3) is 0.114. The summed E-state index contributed by atoms with van der Waals surface area (Å²) in [4.78, 5) is 29.5. The van der Waals surface area contributed by atoms with Gasteiger partial charge in [-0.3, -0.25) is 9.59 Å². The first-order chi connectivity index (χ1) is 21.9. The van der Waals surface area contributed by atoms with Gasteiger partial charge in [-0.05, 0) is 70.8 Å². The average Bonchev–Trinajstić information content (AvgIpc) is 3.41. The van der Waals surface area contributed by atoms with Crippen molar-refractivity contribution < 1.29 is 27.9 Å². The highest BCUT2D eigenvalue weighted by Crippen LogP contribution is 2.33. The molecule has 0 atom stereocenters. The van der Waals surface area contributed by atoms with Crippen LogP contribution in [0.4, 0.5) is 13.2 Å². The lowest BCUT2D eigenvalue weighted by molar-refractivity contribution is -0.138. The third kappa shape index (κ3) is 7.85. The lowest BCUT2D eigenvalue weighted by Crippen LogP contribution is -2.31. The van der Waals surface area contributed by atoms with Gasteiger partial charge in [0.15, 0.2) is 0 Å². The standard InChI is InChI=1S/C35H26Cl2F3N3O3/c1-42(21-33(44)45)34(46)25-12-7-23(8-13-25)19-43-20-31(29-15-14-28(36)18-30(29)37)41-32(43)16-9-22-5-10-24(11-6-22)26-3-2-4-27(17-26)35(38,39)40/h2-18,20H,19,21H2,1H3,(H,44,45). The number of imidazole rings is 1. The van der Waals surface area contributed by atoms with Crippen LogP contribution in [0.15, 0.2) is 97.2 Å². The van der Waals surface area contributed by atoms with Crippen LogP contribution in [0, 0.1) is 0 Å². The monoisotopic (exact) mass is 663 g/mol. The number of halogens is 5. The van der Waals surface area contributed by atoms with E-state index in [1.54, 1.807) is 60.7 Å². The zero-order chi connectivity index (χ0) is 33.0. The van der Waals surface area contributed by atoms with Crippen molar-refractivity contribution in [2.75, 3.05) is 13.6 Å². The number of hydrogen-bond donors (Lipinski definition) is 1. The van der Waals surface area contributed by atoms with E-state index < -0.39 is 30.2 Å². The quantitative estimate of drug-likeness (QED) is 0.171. The smallest absolute Gasteiger partial charge is 0.416 e. The number of carboxylic acids is 1. The van der Waals surface area contributed by atoms with Crippen LogP contribution in [-0.2, 0) is 17.5 Å². The molecule has 5 aromatic rings. The van der Waals surface area contributed by atoms with E-state index in [9.17, 15) is 22.8 Å². The van der Waals surface area contributed by atoms with Crippen molar-refractivity contribution in [3.63, 3.8) is 0 Å². The van der Waals surface area contributed by atoms with Gasteiger partial charge in [0.1, 0.15) is 12.4 Å². The molecule has 1 heterocycles. The molecule has 1 N–H and O–H groups in total. The number of aromatic nitrogens is 2. The molecule has 1 amide bonds. The maximum Gasteiger partial charge on any atom is 0.416 e. The molecule has 11 heteroatoms. The van der Waals surface area contributed by atoms with Crippen LogP contribution in [0.1, 0.15) is 32.9 Å². The summed E-state index contributed by atoms with van der Waals surface area (Å²) >= 11 is 12.6. The second-order valence-corrected chi connectivity index (χ2v) is 11.4. The second-order valence-electron chi connectivity index (χ2n) is 10.5. The zero-order valence-corrected chi connectivity index (χ0v) is 25.8. The van der Waals surface area contributed by atoms with Gasteiger partial charge in [0.25, 0.3) is 5.91 Å². The number of hydrogen-bond acceptors (Lipinski definition) is 3. The largest absolute Gasteiger partial charge is 0.480 e. The first-order valence-electron chi connectivity index (χ1n) is 13.9. The topological polar surface area (TPSA) is 75.4 Å². The van der Waals surface area contributed by atoms with Gasteiger partial charge in [-0.1, -0.05) is 77.8 Å². The molecule has 234 valence electrons. The maximum absolute atomic E-state index is 13.2. The number of rotatable bonds is 9. The number of alkyl halides is 3. The van der Waals surface area contributed by atoms with Gasteiger partial charge >= 0.3 is 12.1 Å². The van der Waals surface area contributed by atoms with E-state index in [-0.39, 0.29) is 0 Å². The lowest BCUT2D eigenvalue weighted by Gasteiger charge is -2.14. The van der Waals surface area contributed by atoms with E-state index in [4.69, 9.17) is 33.3 Å². The van der Waals surface area contributed by atoms with Gasteiger partial charge in [0, 0.05) is 35.9 Å². The first kappa shape index (κ1) is 32.5. The summed E-state index contributed by atoms with van der Waals surface area (Å²) < 4.78 is 41.5. The second kappa shape index (κ2) is 13.6. The Morgan fingerprint density at radius 1 is 0.913 bits per heavy atom. The third-order valence-electron chi connectivity index (χ3n) is 7.15. The predicted octanol–water partition coefficient (Wildman–Crippen LogP) is 8.92. The Balaban J connectivity index is 1.41. The Hall–Kier alpha value is -4.86. The molecule has 0 aliphatic rings. The van der Waals surface area contributed by atoms with Gasteiger partial charge in [0.05, 0.1) is 16.3 Å². The molecule has 1 aromatic heterocycles. The Kier molecular flexibility index (Phi) is 9.65. The van der Waals surface area contributed by atoms with E-state index in [0.29, 0.717) is 50.4 Å². The Morgan fingerprint density at radius 3 is 2.28 bits per heavy atom. The summed E-state index contributed by atoms with van der Waals surface area (Å²) in [6, 6.07) is 24.4. The molecular formula is C35H26Cl2F3N3O3. The number of carboxylic acid groups (broad SMARTS) is 1. The molecular weight excluding hydrogens is 638 g/mol. The Labute approximate surface area is 273 Å². The van der Waals surface area contributed by atoms with E-state index in [2.05, 4.69) is 0 Å². The molecule has 0 spiro atoms. The van der Waals surface area contributed by atoms with Crippen molar-refractivity contribution in [1.29, 1.82) is 0 Å². The van der Waals surface area contributed by atoms with E-state index >= 15 is 0 Å². The van der Waals surface area contributed by atoms with E-state index in [1.807, 2.05) is 35.0 Å². The SMILES string of the molecule is CN(CC(=O)O)C(=O)c1ccc(Cn2cc(-c3ccc(Cl)cc3Cl)nc2C=Cc2ccc(-c3cccc(C(F)(F)F)c3)cc2)cc1. The van der Waals surface area contributed by atoms with Gasteiger partial charge in [0.2, 0.25) is 0 Å². The molecule has 0 unspecified atom stereocenters. The van der Waals surface area contributed by atoms with Gasteiger partial charge in [-0.2, -0.15) is 13.2 Å². The minimum Gasteiger partial charge on any atom is -0.480 e. The van der Waals surface area contributed by atoms with Crippen molar-refractivity contribution in [2.45, 2.75) is 12.7 Å². The summed E-state index contributed by atoms with van der Waals surface area (Å²) in [5.74, 6) is -0.903. The fourth-order valence-corrected chi connectivity index (χ4v) is 5.30. The van der Waals surface area contributed by atoms with Crippen molar-refractivity contribution >= 4 is 47.2 Å². The summed E-state index contributed by atoms with van der Waals surface area (Å²) in [7, 11) is 1.43. The fourth-order valence-electron chi connectivity index (χ4n) is 4.79. The number of nitrogens with zero attached hydrogens (tertiary/aromatic N) is 3.